The minimum Gasteiger partial charge on any atom is -0.462 e. The third-order valence-electron chi connectivity index (χ3n) is 13.1. The molecule has 0 saturated carbocycles. The molecule has 15 heteroatoms. The number of aliphatic hydroxyl groups is 7. The maximum absolute atomic E-state index is 13.0. The Bertz CT molecular complexity index is 1360. The summed E-state index contributed by atoms with van der Waals surface area (Å²) in [6.07, 6.45) is 28.7. The molecule has 15 nitrogen and oxygen atoms in total. The summed E-state index contributed by atoms with van der Waals surface area (Å²) in [5, 5.41) is 72.2. The molecule has 2 saturated heterocycles. The summed E-state index contributed by atoms with van der Waals surface area (Å²) in [7, 11) is 0. The smallest absolute Gasteiger partial charge is 0.306 e. The number of carbonyl (C=O) groups excluding carboxylic acids is 2. The third kappa shape index (κ3) is 29.4. The van der Waals surface area contributed by atoms with Crippen LogP contribution in [0.15, 0.2) is 36.5 Å². The normalized spacial score (nSPS) is 25.6. The number of aliphatic hydroxyl groups excluding tert-OH is 7. The predicted molar refractivity (Wildman–Crippen MR) is 270 cm³/mol. The van der Waals surface area contributed by atoms with Gasteiger partial charge >= 0.3 is 11.9 Å². The van der Waals surface area contributed by atoms with Crippen molar-refractivity contribution in [3.63, 3.8) is 0 Å². The van der Waals surface area contributed by atoms with Gasteiger partial charge in [-0.3, -0.25) is 9.59 Å². The van der Waals surface area contributed by atoms with Crippen molar-refractivity contribution in [3.05, 3.63) is 36.5 Å². The van der Waals surface area contributed by atoms with E-state index in [1.54, 1.807) is 0 Å². The maximum Gasteiger partial charge on any atom is 0.306 e. The van der Waals surface area contributed by atoms with Crippen molar-refractivity contribution in [2.45, 2.75) is 274 Å². The van der Waals surface area contributed by atoms with Crippen molar-refractivity contribution in [1.82, 2.24) is 0 Å². The second-order valence-corrected chi connectivity index (χ2v) is 19.4. The van der Waals surface area contributed by atoms with E-state index < -0.39 is 92.7 Å². The molecule has 408 valence electrons. The topological polar surface area (TPSA) is 231 Å². The molecule has 2 fully saturated rings. The van der Waals surface area contributed by atoms with Crippen LogP contribution in [0.1, 0.15) is 206 Å². The molecule has 0 aliphatic carbocycles. The lowest BCUT2D eigenvalue weighted by Crippen LogP contribution is -2.61. The fraction of sp³-hybridized carbons (Fsp3) is 0.855. The van der Waals surface area contributed by atoms with Gasteiger partial charge in [-0.2, -0.15) is 0 Å². The van der Waals surface area contributed by atoms with Crippen LogP contribution in [0.4, 0.5) is 0 Å². The molecule has 0 bridgehead atoms. The van der Waals surface area contributed by atoms with Crippen molar-refractivity contribution < 1.29 is 73.8 Å². The minimum atomic E-state index is -1.77. The Morgan fingerprint density at radius 3 is 1.36 bits per heavy atom. The fourth-order valence-corrected chi connectivity index (χ4v) is 8.54. The molecule has 2 aliphatic heterocycles. The maximum atomic E-state index is 13.0. The molecular formula is C55H98O15. The van der Waals surface area contributed by atoms with Crippen molar-refractivity contribution >= 4 is 11.9 Å². The zero-order valence-electron chi connectivity index (χ0n) is 43.3. The van der Waals surface area contributed by atoms with E-state index in [1.165, 1.54) is 83.5 Å². The average molecular weight is 999 g/mol. The summed E-state index contributed by atoms with van der Waals surface area (Å²) in [6.45, 7) is 2.57. The Kier molecular flexibility index (Phi) is 38.4. The number of unbranched alkanes of at least 4 members (excludes halogenated alkanes) is 23. The lowest BCUT2D eigenvalue weighted by Gasteiger charge is -2.42. The van der Waals surface area contributed by atoms with Gasteiger partial charge in [0.2, 0.25) is 0 Å². The van der Waals surface area contributed by atoms with E-state index in [9.17, 15) is 45.3 Å². The summed E-state index contributed by atoms with van der Waals surface area (Å²) < 4.78 is 33.6. The molecule has 0 aromatic rings. The lowest BCUT2D eigenvalue weighted by molar-refractivity contribution is -0.332. The van der Waals surface area contributed by atoms with Gasteiger partial charge in [0.25, 0.3) is 0 Å². The summed E-state index contributed by atoms with van der Waals surface area (Å²) in [4.78, 5) is 25.8. The van der Waals surface area contributed by atoms with E-state index in [2.05, 4.69) is 50.3 Å². The van der Waals surface area contributed by atoms with Crippen LogP contribution in [0.5, 0.6) is 0 Å². The Labute approximate surface area is 421 Å². The van der Waals surface area contributed by atoms with Gasteiger partial charge in [0.15, 0.2) is 18.7 Å². The standard InChI is InChI=1S/C55H98O15/c1-3-5-7-9-11-13-15-17-19-21-22-24-26-28-30-32-34-36-38-47(58)68-43(40-65-46(57)37-35-33-31-29-27-25-23-20-18-16-14-12-10-8-6-4-2)41-66-54-53(64)51(62)49(60)45(70-54)42-67-55-52(63)50(61)48(59)44(39-56)69-55/h13,15,19-21,23,43-45,48-56,59-64H,3-12,14,16-18,22,24-42H2,1-2H3/b15-13-,21-19-,23-20-. The van der Waals surface area contributed by atoms with E-state index in [0.717, 1.165) is 83.5 Å². The first-order valence-corrected chi connectivity index (χ1v) is 27.6. The Morgan fingerprint density at radius 2 is 0.857 bits per heavy atom. The van der Waals surface area contributed by atoms with Crippen LogP contribution >= 0.6 is 0 Å². The zero-order chi connectivity index (χ0) is 51.0. The zero-order valence-corrected chi connectivity index (χ0v) is 43.3. The second kappa shape index (κ2) is 42.1. The molecule has 70 heavy (non-hydrogen) atoms. The van der Waals surface area contributed by atoms with E-state index in [1.807, 2.05) is 0 Å². The molecule has 0 spiro atoms. The highest BCUT2D eigenvalue weighted by Crippen LogP contribution is 2.26. The van der Waals surface area contributed by atoms with Crippen LogP contribution < -0.4 is 0 Å². The molecule has 0 aromatic heterocycles. The molecule has 2 rings (SSSR count). The highest BCUT2D eigenvalue weighted by Gasteiger charge is 2.47. The van der Waals surface area contributed by atoms with Crippen LogP contribution in [0.2, 0.25) is 0 Å². The molecule has 0 amide bonds. The lowest BCUT2D eigenvalue weighted by atomic mass is 9.98. The van der Waals surface area contributed by atoms with E-state index in [4.69, 9.17) is 28.4 Å². The Hall–Kier alpha value is -2.28. The molecule has 11 atom stereocenters. The summed E-state index contributed by atoms with van der Waals surface area (Å²) in [5.74, 6) is -0.939. The summed E-state index contributed by atoms with van der Waals surface area (Å²) in [5.41, 5.74) is 0. The van der Waals surface area contributed by atoms with E-state index in [0.29, 0.717) is 12.8 Å². The first-order valence-electron chi connectivity index (χ1n) is 27.6. The van der Waals surface area contributed by atoms with Crippen LogP contribution in [-0.4, -0.2) is 142 Å². The third-order valence-corrected chi connectivity index (χ3v) is 13.1. The number of ether oxygens (including phenoxy) is 6. The van der Waals surface area contributed by atoms with E-state index >= 15 is 0 Å². The van der Waals surface area contributed by atoms with Gasteiger partial charge in [0.05, 0.1) is 19.8 Å². The number of rotatable bonds is 43. The van der Waals surface area contributed by atoms with Crippen molar-refractivity contribution in [2.24, 2.45) is 0 Å². The monoisotopic (exact) mass is 999 g/mol. The van der Waals surface area contributed by atoms with Crippen LogP contribution in [0, 0.1) is 0 Å². The van der Waals surface area contributed by atoms with Gasteiger partial charge in [0, 0.05) is 12.8 Å². The molecule has 11 unspecified atom stereocenters. The SMILES string of the molecule is CCCCCC/C=C\C/C=C\CCCCCCCCCC(=O)OC(COC(=O)CCCCCCC/C=C\CCCCCCCCC)COC1OC(COC2OC(CO)C(O)C(O)C2O)C(O)C(O)C1O. The van der Waals surface area contributed by atoms with Gasteiger partial charge in [-0.15, -0.1) is 0 Å². The van der Waals surface area contributed by atoms with Crippen molar-refractivity contribution in [1.29, 1.82) is 0 Å². The van der Waals surface area contributed by atoms with E-state index in [-0.39, 0.29) is 26.1 Å². The van der Waals surface area contributed by atoms with Gasteiger partial charge in [0.1, 0.15) is 55.4 Å². The number of carbonyl (C=O) groups is 2. The number of hydrogen-bond acceptors (Lipinski definition) is 15. The molecule has 2 heterocycles. The first kappa shape index (κ1) is 63.8. The fourth-order valence-electron chi connectivity index (χ4n) is 8.54. The second-order valence-electron chi connectivity index (χ2n) is 19.4. The minimum absolute atomic E-state index is 0.155. The van der Waals surface area contributed by atoms with Crippen LogP contribution in [0.25, 0.3) is 0 Å². The van der Waals surface area contributed by atoms with Gasteiger partial charge < -0.3 is 64.2 Å². The number of hydrogen-bond donors (Lipinski definition) is 7. The molecule has 0 aromatic carbocycles. The summed E-state index contributed by atoms with van der Waals surface area (Å²) >= 11 is 0. The van der Waals surface area contributed by atoms with Crippen LogP contribution in [-0.2, 0) is 38.0 Å². The van der Waals surface area contributed by atoms with Gasteiger partial charge in [-0.25, -0.2) is 0 Å². The predicted octanol–water partition coefficient (Wildman–Crippen LogP) is 8.49. The highest BCUT2D eigenvalue weighted by atomic mass is 16.7. The Balaban J connectivity index is 1.79. The molecular weight excluding hydrogens is 901 g/mol. The van der Waals surface area contributed by atoms with Crippen LogP contribution in [0.3, 0.4) is 0 Å². The van der Waals surface area contributed by atoms with Gasteiger partial charge in [-0.05, 0) is 70.6 Å². The van der Waals surface area contributed by atoms with Crippen molar-refractivity contribution in [3.8, 4) is 0 Å². The quantitative estimate of drug-likeness (QED) is 0.0173. The summed E-state index contributed by atoms with van der Waals surface area (Å²) in [6, 6.07) is 0. The van der Waals surface area contributed by atoms with Crippen molar-refractivity contribution in [2.75, 3.05) is 26.4 Å². The molecule has 2 aliphatic rings. The van der Waals surface area contributed by atoms with Gasteiger partial charge in [-0.1, -0.05) is 159 Å². The molecule has 7 N–H and O–H groups in total. The molecule has 0 radical (unpaired) electrons. The first-order chi connectivity index (χ1) is 34.0. The largest absolute Gasteiger partial charge is 0.462 e. The highest BCUT2D eigenvalue weighted by molar-refractivity contribution is 5.70. The Morgan fingerprint density at radius 1 is 0.457 bits per heavy atom. The number of allylic oxidation sites excluding steroid dienone is 6. The number of esters is 2. The average Bonchev–Trinajstić information content (AvgIpc) is 3.35.